The van der Waals surface area contributed by atoms with Crippen molar-refractivity contribution < 1.29 is 32.6 Å². The Kier molecular flexibility index (Phi) is 9.71. The van der Waals surface area contributed by atoms with Crippen molar-refractivity contribution in [2.45, 2.75) is 58.7 Å². The monoisotopic (exact) mass is 494 g/mol. The predicted molar refractivity (Wildman–Crippen MR) is 128 cm³/mol. The number of aliphatic carboxylic acids is 1. The summed E-state index contributed by atoms with van der Waals surface area (Å²) in [4.78, 5) is 20.3. The molecule has 1 saturated carbocycles. The summed E-state index contributed by atoms with van der Waals surface area (Å²) >= 11 is 0. The van der Waals surface area contributed by atoms with Crippen LogP contribution in [0.5, 0.6) is 5.75 Å². The van der Waals surface area contributed by atoms with Crippen LogP contribution < -0.4 is 15.8 Å². The fourth-order valence-corrected chi connectivity index (χ4v) is 3.85. The number of aryl methyl sites for hydroxylation is 1. The Morgan fingerprint density at radius 2 is 1.69 bits per heavy atom. The zero-order valence-electron chi connectivity index (χ0n) is 20.2. The van der Waals surface area contributed by atoms with Gasteiger partial charge in [0, 0.05) is 18.2 Å². The number of primary amides is 1. The molecule has 0 radical (unpaired) electrons. The van der Waals surface area contributed by atoms with E-state index in [-0.39, 0.29) is 0 Å². The molecule has 35 heavy (non-hydrogen) atoms. The Labute approximate surface area is 203 Å². The normalized spacial score (nSPS) is 15.6. The van der Waals surface area contributed by atoms with Gasteiger partial charge in [0.2, 0.25) is 5.91 Å². The van der Waals surface area contributed by atoms with Crippen LogP contribution in [0.2, 0.25) is 0 Å². The Bertz CT molecular complexity index is 995. The van der Waals surface area contributed by atoms with E-state index >= 15 is 0 Å². The molecule has 2 aromatic rings. The molecule has 0 bridgehead atoms. The van der Waals surface area contributed by atoms with Gasteiger partial charge in [0.05, 0.1) is 0 Å². The van der Waals surface area contributed by atoms with Crippen LogP contribution in [-0.2, 0) is 4.79 Å². The highest BCUT2D eigenvalue weighted by molar-refractivity contribution is 5.94. The number of alkyl halides is 3. The molecule has 192 valence electrons. The summed E-state index contributed by atoms with van der Waals surface area (Å²) in [6, 6.07) is 14.2. The Morgan fingerprint density at radius 1 is 1.11 bits per heavy atom. The summed E-state index contributed by atoms with van der Waals surface area (Å²) in [5.74, 6) is -2.30. The van der Waals surface area contributed by atoms with Crippen molar-refractivity contribution in [3.8, 4) is 16.9 Å². The number of hydrogen-bond donors (Lipinski definition) is 3. The molecule has 0 unspecified atom stereocenters. The van der Waals surface area contributed by atoms with Crippen LogP contribution in [0.25, 0.3) is 11.1 Å². The van der Waals surface area contributed by atoms with E-state index in [1.165, 1.54) is 25.7 Å². The molecule has 0 aliphatic heterocycles. The number of amides is 1. The van der Waals surface area contributed by atoms with Crippen LogP contribution in [0, 0.1) is 12.3 Å². The van der Waals surface area contributed by atoms with E-state index in [9.17, 15) is 18.0 Å². The minimum absolute atomic E-state index is 0.407. The maximum Gasteiger partial charge on any atom is 0.490 e. The summed E-state index contributed by atoms with van der Waals surface area (Å²) in [5.41, 5.74) is 9.62. The van der Waals surface area contributed by atoms with E-state index < -0.39 is 18.1 Å². The number of carboxylic acids is 1. The minimum atomic E-state index is -5.08. The van der Waals surface area contributed by atoms with Gasteiger partial charge < -0.3 is 20.9 Å². The number of rotatable bonds is 7. The zero-order chi connectivity index (χ0) is 26.2. The van der Waals surface area contributed by atoms with E-state index in [2.05, 4.69) is 19.2 Å². The Morgan fingerprint density at radius 3 is 2.20 bits per heavy atom. The van der Waals surface area contributed by atoms with Crippen molar-refractivity contribution in [1.29, 1.82) is 0 Å². The SMILES string of the molecule is Cc1ccc(C(N)=O)cc1-c1ccc(OCCNC2CCC(C)(C)CC2)cc1.O=C(O)C(F)(F)F. The summed E-state index contributed by atoms with van der Waals surface area (Å²) in [5, 5.41) is 10.7. The average Bonchev–Trinajstić information content (AvgIpc) is 2.78. The van der Waals surface area contributed by atoms with Crippen molar-refractivity contribution in [2.75, 3.05) is 13.2 Å². The van der Waals surface area contributed by atoms with Crippen molar-refractivity contribution in [3.63, 3.8) is 0 Å². The first kappa shape index (κ1) is 28.2. The van der Waals surface area contributed by atoms with Gasteiger partial charge in [0.15, 0.2) is 0 Å². The molecule has 6 nitrogen and oxygen atoms in total. The van der Waals surface area contributed by atoms with Gasteiger partial charge in [0.25, 0.3) is 0 Å². The molecule has 0 saturated heterocycles. The lowest BCUT2D eigenvalue weighted by molar-refractivity contribution is -0.192. The van der Waals surface area contributed by atoms with Gasteiger partial charge in [-0.05, 0) is 79.0 Å². The second-order valence-corrected chi connectivity index (χ2v) is 9.46. The molecule has 2 aromatic carbocycles. The molecular formula is C26H33F3N2O4. The first-order valence-electron chi connectivity index (χ1n) is 11.5. The van der Waals surface area contributed by atoms with Gasteiger partial charge in [-0.25, -0.2) is 4.79 Å². The molecule has 1 fully saturated rings. The van der Waals surface area contributed by atoms with E-state index in [4.69, 9.17) is 20.4 Å². The van der Waals surface area contributed by atoms with Gasteiger partial charge in [-0.15, -0.1) is 0 Å². The molecule has 3 rings (SSSR count). The van der Waals surface area contributed by atoms with Crippen LogP contribution in [0.3, 0.4) is 0 Å². The van der Waals surface area contributed by atoms with Crippen LogP contribution in [-0.4, -0.2) is 42.4 Å². The van der Waals surface area contributed by atoms with Crippen molar-refractivity contribution in [3.05, 3.63) is 53.6 Å². The fourth-order valence-electron chi connectivity index (χ4n) is 3.85. The third kappa shape index (κ3) is 9.24. The van der Waals surface area contributed by atoms with Gasteiger partial charge >= 0.3 is 12.1 Å². The number of benzene rings is 2. The molecule has 0 heterocycles. The quantitative estimate of drug-likeness (QED) is 0.452. The number of carbonyl (C=O) groups is 2. The maximum absolute atomic E-state index is 11.4. The topological polar surface area (TPSA) is 102 Å². The molecule has 0 atom stereocenters. The van der Waals surface area contributed by atoms with E-state index in [0.29, 0.717) is 23.6 Å². The van der Waals surface area contributed by atoms with Crippen LogP contribution >= 0.6 is 0 Å². The van der Waals surface area contributed by atoms with Crippen LogP contribution in [0.4, 0.5) is 13.2 Å². The number of ether oxygens (including phenoxy) is 1. The number of nitrogens with two attached hydrogens (primary N) is 1. The highest BCUT2D eigenvalue weighted by Gasteiger charge is 2.38. The summed E-state index contributed by atoms with van der Waals surface area (Å²) in [6.07, 6.45) is 0.0174. The van der Waals surface area contributed by atoms with Crippen molar-refractivity contribution >= 4 is 11.9 Å². The highest BCUT2D eigenvalue weighted by atomic mass is 19.4. The molecule has 0 spiro atoms. The van der Waals surface area contributed by atoms with Gasteiger partial charge in [-0.1, -0.05) is 32.0 Å². The third-order valence-electron chi connectivity index (χ3n) is 6.07. The van der Waals surface area contributed by atoms with Gasteiger partial charge in [-0.3, -0.25) is 4.79 Å². The van der Waals surface area contributed by atoms with E-state index in [1.54, 1.807) is 6.07 Å². The van der Waals surface area contributed by atoms with Gasteiger partial charge in [0.1, 0.15) is 12.4 Å². The zero-order valence-corrected chi connectivity index (χ0v) is 20.2. The summed E-state index contributed by atoms with van der Waals surface area (Å²) in [7, 11) is 0. The lowest BCUT2D eigenvalue weighted by atomic mass is 9.75. The van der Waals surface area contributed by atoms with E-state index in [1.807, 2.05) is 43.3 Å². The second kappa shape index (κ2) is 12.1. The fraction of sp³-hybridized carbons (Fsp3) is 0.462. The predicted octanol–water partition coefficient (Wildman–Crippen LogP) is 5.33. The summed E-state index contributed by atoms with van der Waals surface area (Å²) in [6.45, 7) is 8.29. The minimum Gasteiger partial charge on any atom is -0.492 e. The largest absolute Gasteiger partial charge is 0.492 e. The molecule has 1 amide bonds. The maximum atomic E-state index is 11.4. The molecule has 1 aliphatic carbocycles. The second-order valence-electron chi connectivity index (χ2n) is 9.46. The number of carboxylic acid groups (broad SMARTS) is 1. The van der Waals surface area contributed by atoms with Crippen molar-refractivity contribution in [1.82, 2.24) is 5.32 Å². The molecule has 4 N–H and O–H groups in total. The Hall–Kier alpha value is -3.07. The standard InChI is InChI=1S/C24H32N2O2.C2HF3O2/c1-17-4-5-19(23(25)27)16-22(17)18-6-8-21(9-7-18)28-15-14-26-20-10-12-24(2,3)13-11-20;3-2(4,5)1(6)7/h4-9,16,20,26H,10-15H2,1-3H3,(H2,25,27);(H,6,7). The lowest BCUT2D eigenvalue weighted by Crippen LogP contribution is -2.37. The van der Waals surface area contributed by atoms with Crippen LogP contribution in [0.15, 0.2) is 42.5 Å². The first-order chi connectivity index (χ1) is 16.3. The number of halogens is 3. The third-order valence-corrected chi connectivity index (χ3v) is 6.07. The van der Waals surface area contributed by atoms with Crippen LogP contribution in [0.1, 0.15) is 55.5 Å². The average molecular weight is 495 g/mol. The number of hydrogen-bond acceptors (Lipinski definition) is 4. The van der Waals surface area contributed by atoms with Crippen molar-refractivity contribution in [2.24, 2.45) is 11.1 Å². The summed E-state index contributed by atoms with van der Waals surface area (Å²) < 4.78 is 37.6. The smallest absolute Gasteiger partial charge is 0.490 e. The van der Waals surface area contributed by atoms with E-state index in [0.717, 1.165) is 29.0 Å². The first-order valence-corrected chi connectivity index (χ1v) is 11.5. The highest BCUT2D eigenvalue weighted by Crippen LogP contribution is 2.35. The number of carbonyl (C=O) groups excluding carboxylic acids is 1. The molecule has 1 aliphatic rings. The Balaban J connectivity index is 0.000000540. The molecular weight excluding hydrogens is 461 g/mol. The van der Waals surface area contributed by atoms with Gasteiger partial charge in [-0.2, -0.15) is 13.2 Å². The lowest BCUT2D eigenvalue weighted by Gasteiger charge is -2.34. The molecule has 9 heteroatoms. The molecule has 0 aromatic heterocycles. The number of nitrogens with one attached hydrogen (secondary N) is 1.